The number of carbonyl (C=O) groups is 1. The minimum absolute atomic E-state index is 0.0408. The molecule has 1 rings (SSSR count). The summed E-state index contributed by atoms with van der Waals surface area (Å²) in [5.41, 5.74) is 4.86. The summed E-state index contributed by atoms with van der Waals surface area (Å²) in [7, 11) is 0. The first kappa shape index (κ1) is 14.3. The van der Waals surface area contributed by atoms with Gasteiger partial charge in [0, 0.05) is 0 Å². The molecule has 0 aliphatic heterocycles. The Morgan fingerprint density at radius 2 is 1.94 bits per heavy atom. The molecule has 1 saturated carbocycles. The minimum Gasteiger partial charge on any atom is -0.459 e. The van der Waals surface area contributed by atoms with Crippen LogP contribution in [0.1, 0.15) is 33.6 Å². The van der Waals surface area contributed by atoms with Crippen LogP contribution in [-0.4, -0.2) is 23.8 Å². The molecule has 0 aromatic heterocycles. The van der Waals surface area contributed by atoms with Gasteiger partial charge in [0.2, 0.25) is 0 Å². The van der Waals surface area contributed by atoms with Crippen molar-refractivity contribution < 1.29 is 22.7 Å². The molecule has 1 aliphatic rings. The monoisotopic (exact) mass is 253 g/mol. The average molecular weight is 253 g/mol. The van der Waals surface area contributed by atoms with Gasteiger partial charge in [-0.3, -0.25) is 4.79 Å². The molecule has 0 heterocycles. The number of rotatable bonds is 3. The molecular weight excluding hydrogens is 235 g/mol. The van der Waals surface area contributed by atoms with E-state index in [-0.39, 0.29) is 12.8 Å². The summed E-state index contributed by atoms with van der Waals surface area (Å²) in [4.78, 5) is 11.4. The molecular formula is C11H18F3NO2. The highest BCUT2D eigenvalue weighted by molar-refractivity contribution is 5.75. The van der Waals surface area contributed by atoms with Gasteiger partial charge in [-0.25, -0.2) is 0 Å². The fraction of sp³-hybridized carbons (Fsp3) is 0.909. The molecule has 1 aliphatic carbocycles. The van der Waals surface area contributed by atoms with Gasteiger partial charge in [-0.15, -0.1) is 0 Å². The van der Waals surface area contributed by atoms with Crippen LogP contribution in [-0.2, 0) is 9.53 Å². The standard InChI is InChI=1S/C11H18F3NO2/c1-10(2,3)17-9(16)8(15)5-6-4-7(6)11(12,13)14/h6-8H,4-5,15H2,1-3H3. The number of carbonyl (C=O) groups excluding carboxylic acids is 1. The van der Waals surface area contributed by atoms with E-state index < -0.39 is 35.6 Å². The van der Waals surface area contributed by atoms with Gasteiger partial charge in [-0.05, 0) is 39.5 Å². The van der Waals surface area contributed by atoms with E-state index in [0.29, 0.717) is 0 Å². The zero-order valence-corrected chi connectivity index (χ0v) is 10.2. The number of alkyl halides is 3. The maximum Gasteiger partial charge on any atom is 0.392 e. The SMILES string of the molecule is CC(C)(C)OC(=O)C(N)CC1CC1C(F)(F)F. The summed E-state index contributed by atoms with van der Waals surface area (Å²) < 4.78 is 41.8. The highest BCUT2D eigenvalue weighted by Crippen LogP contribution is 2.52. The van der Waals surface area contributed by atoms with Crippen LogP contribution in [0.25, 0.3) is 0 Å². The Morgan fingerprint density at radius 1 is 1.41 bits per heavy atom. The topological polar surface area (TPSA) is 52.3 Å². The van der Waals surface area contributed by atoms with Crippen molar-refractivity contribution in [3.05, 3.63) is 0 Å². The number of hydrogen-bond donors (Lipinski definition) is 1. The molecule has 0 saturated heterocycles. The fourth-order valence-electron chi connectivity index (χ4n) is 1.71. The van der Waals surface area contributed by atoms with Crippen LogP contribution in [0.2, 0.25) is 0 Å². The number of halogens is 3. The predicted molar refractivity (Wildman–Crippen MR) is 56.1 cm³/mol. The smallest absolute Gasteiger partial charge is 0.392 e. The third kappa shape index (κ3) is 4.53. The predicted octanol–water partition coefficient (Wildman–Crippen LogP) is 2.24. The molecule has 0 radical (unpaired) electrons. The summed E-state index contributed by atoms with van der Waals surface area (Å²) in [5.74, 6) is -2.46. The second-order valence-corrected chi connectivity index (χ2v) is 5.52. The molecule has 0 aromatic rings. The first-order valence-corrected chi connectivity index (χ1v) is 5.56. The molecule has 3 unspecified atom stereocenters. The van der Waals surface area contributed by atoms with Crippen molar-refractivity contribution in [2.75, 3.05) is 0 Å². The summed E-state index contributed by atoms with van der Waals surface area (Å²) >= 11 is 0. The third-order valence-electron chi connectivity index (χ3n) is 2.61. The van der Waals surface area contributed by atoms with Gasteiger partial charge in [-0.1, -0.05) is 0 Å². The fourth-order valence-corrected chi connectivity index (χ4v) is 1.71. The Kier molecular flexibility index (Phi) is 3.76. The van der Waals surface area contributed by atoms with E-state index in [1.54, 1.807) is 20.8 Å². The molecule has 0 amide bonds. The number of nitrogens with two attached hydrogens (primary N) is 1. The molecule has 0 aromatic carbocycles. The van der Waals surface area contributed by atoms with Crippen molar-refractivity contribution in [1.82, 2.24) is 0 Å². The van der Waals surface area contributed by atoms with Gasteiger partial charge in [0.25, 0.3) is 0 Å². The van der Waals surface area contributed by atoms with E-state index in [1.165, 1.54) is 0 Å². The normalized spacial score (nSPS) is 26.5. The number of esters is 1. The Labute approximate surface area is 98.5 Å². The van der Waals surface area contributed by atoms with Crippen molar-refractivity contribution >= 4 is 5.97 Å². The van der Waals surface area contributed by atoms with Crippen molar-refractivity contribution in [2.45, 2.75) is 51.4 Å². The molecule has 6 heteroatoms. The van der Waals surface area contributed by atoms with Gasteiger partial charge < -0.3 is 10.5 Å². The van der Waals surface area contributed by atoms with Crippen molar-refractivity contribution in [1.29, 1.82) is 0 Å². The number of ether oxygens (including phenoxy) is 1. The van der Waals surface area contributed by atoms with Gasteiger partial charge >= 0.3 is 12.1 Å². The summed E-state index contributed by atoms with van der Waals surface area (Å²) in [5, 5.41) is 0. The van der Waals surface area contributed by atoms with Gasteiger partial charge in [0.05, 0.1) is 5.92 Å². The largest absolute Gasteiger partial charge is 0.459 e. The lowest BCUT2D eigenvalue weighted by atomic mass is 10.1. The van der Waals surface area contributed by atoms with E-state index in [4.69, 9.17) is 10.5 Å². The third-order valence-corrected chi connectivity index (χ3v) is 2.61. The van der Waals surface area contributed by atoms with Gasteiger partial charge in [0.1, 0.15) is 11.6 Å². The molecule has 2 N–H and O–H groups in total. The second kappa shape index (κ2) is 4.48. The lowest BCUT2D eigenvalue weighted by Gasteiger charge is -2.22. The quantitative estimate of drug-likeness (QED) is 0.785. The molecule has 100 valence electrons. The average Bonchev–Trinajstić information content (AvgIpc) is 2.79. The van der Waals surface area contributed by atoms with E-state index in [0.717, 1.165) is 0 Å². The molecule has 1 fully saturated rings. The van der Waals surface area contributed by atoms with Crippen LogP contribution >= 0.6 is 0 Å². The van der Waals surface area contributed by atoms with Crippen LogP contribution in [0.3, 0.4) is 0 Å². The molecule has 17 heavy (non-hydrogen) atoms. The lowest BCUT2D eigenvalue weighted by molar-refractivity contribution is -0.159. The molecule has 3 atom stereocenters. The molecule has 0 bridgehead atoms. The molecule has 3 nitrogen and oxygen atoms in total. The van der Waals surface area contributed by atoms with E-state index in [9.17, 15) is 18.0 Å². The first-order chi connectivity index (χ1) is 7.50. The maximum absolute atomic E-state index is 12.3. The Balaban J connectivity index is 2.37. The van der Waals surface area contributed by atoms with Crippen molar-refractivity contribution in [3.63, 3.8) is 0 Å². The zero-order valence-electron chi connectivity index (χ0n) is 10.2. The van der Waals surface area contributed by atoms with Crippen LogP contribution in [0.5, 0.6) is 0 Å². The highest BCUT2D eigenvalue weighted by Gasteiger charge is 2.55. The van der Waals surface area contributed by atoms with E-state index in [2.05, 4.69) is 0 Å². The maximum atomic E-state index is 12.3. The van der Waals surface area contributed by atoms with E-state index in [1.807, 2.05) is 0 Å². The van der Waals surface area contributed by atoms with Gasteiger partial charge in [0.15, 0.2) is 0 Å². The van der Waals surface area contributed by atoms with Gasteiger partial charge in [-0.2, -0.15) is 13.2 Å². The van der Waals surface area contributed by atoms with Crippen LogP contribution in [0.15, 0.2) is 0 Å². The van der Waals surface area contributed by atoms with Crippen LogP contribution in [0, 0.1) is 11.8 Å². The number of hydrogen-bond acceptors (Lipinski definition) is 3. The summed E-state index contributed by atoms with van der Waals surface area (Å²) in [6, 6.07) is -0.966. The summed E-state index contributed by atoms with van der Waals surface area (Å²) in [6.45, 7) is 5.06. The minimum atomic E-state index is -4.17. The zero-order chi connectivity index (χ0) is 13.4. The van der Waals surface area contributed by atoms with Crippen LogP contribution < -0.4 is 5.73 Å². The second-order valence-electron chi connectivity index (χ2n) is 5.52. The van der Waals surface area contributed by atoms with Crippen LogP contribution in [0.4, 0.5) is 13.2 Å². The Hall–Kier alpha value is -0.780. The lowest BCUT2D eigenvalue weighted by Crippen LogP contribution is -2.38. The van der Waals surface area contributed by atoms with E-state index >= 15 is 0 Å². The highest BCUT2D eigenvalue weighted by atomic mass is 19.4. The first-order valence-electron chi connectivity index (χ1n) is 5.56. The Morgan fingerprint density at radius 3 is 2.29 bits per heavy atom. The van der Waals surface area contributed by atoms with Crippen molar-refractivity contribution in [2.24, 2.45) is 17.6 Å². The molecule has 0 spiro atoms. The Bertz CT molecular complexity index is 296. The summed E-state index contributed by atoms with van der Waals surface area (Å²) in [6.07, 6.45) is -4.06. The van der Waals surface area contributed by atoms with Crippen molar-refractivity contribution in [3.8, 4) is 0 Å².